The molecular weight excluding hydrogens is 677 g/mol. The molecule has 0 radical (unpaired) electrons. The van der Waals surface area contributed by atoms with Gasteiger partial charge in [-0.2, -0.15) is 0 Å². The Morgan fingerprint density at radius 2 is 1.00 bits per heavy atom. The lowest BCUT2D eigenvalue weighted by molar-refractivity contribution is -0.162. The zero-order valence-corrected chi connectivity index (χ0v) is 29.0. The van der Waals surface area contributed by atoms with Gasteiger partial charge < -0.3 is 28.9 Å². The standard InChI is InChI=1S/C33H40N4O10S2/c1-34-30(17-28(22-5-9-24(44-3)10-6-22)48(40,41)26-13-15-36-20-26)46-32(38)19-33(39)47-31(35-2)18-29(23-7-11-25(45-4)12-8-23)49(42,43)27-14-16-37-21-27/h5-16,20-21,28-31,34-37H,17-19H2,1-4H3. The zero-order chi connectivity index (χ0) is 35.6. The Morgan fingerprint density at radius 1 is 0.633 bits per heavy atom. The van der Waals surface area contributed by atoms with Crippen molar-refractivity contribution in [3.05, 3.63) is 96.6 Å². The molecule has 0 saturated heterocycles. The molecule has 4 atom stereocenters. The van der Waals surface area contributed by atoms with Gasteiger partial charge in [0.15, 0.2) is 32.1 Å². The Morgan fingerprint density at radius 3 is 1.29 bits per heavy atom. The van der Waals surface area contributed by atoms with Crippen LogP contribution in [0.4, 0.5) is 0 Å². The second-order valence-corrected chi connectivity index (χ2v) is 15.2. The number of rotatable bonds is 18. The average Bonchev–Trinajstić information content (AvgIpc) is 3.85. The van der Waals surface area contributed by atoms with Crippen molar-refractivity contribution in [1.82, 2.24) is 20.6 Å². The van der Waals surface area contributed by atoms with E-state index in [0.29, 0.717) is 22.6 Å². The van der Waals surface area contributed by atoms with Gasteiger partial charge >= 0.3 is 11.9 Å². The zero-order valence-electron chi connectivity index (χ0n) is 27.4. The van der Waals surface area contributed by atoms with Gasteiger partial charge in [0.05, 0.1) is 34.5 Å². The van der Waals surface area contributed by atoms with Crippen LogP contribution in [0.25, 0.3) is 0 Å². The molecule has 4 unspecified atom stereocenters. The van der Waals surface area contributed by atoms with Gasteiger partial charge in [0.25, 0.3) is 0 Å². The maximum atomic E-state index is 13.6. The summed E-state index contributed by atoms with van der Waals surface area (Å²) in [5.74, 6) is -0.875. The number of nitrogens with one attached hydrogen (secondary N) is 4. The summed E-state index contributed by atoms with van der Waals surface area (Å²) in [4.78, 5) is 31.5. The number of H-pyrrole nitrogens is 2. The minimum atomic E-state index is -3.94. The van der Waals surface area contributed by atoms with Crippen molar-refractivity contribution in [3.63, 3.8) is 0 Å². The Labute approximate surface area is 285 Å². The number of sulfone groups is 2. The summed E-state index contributed by atoms with van der Waals surface area (Å²) in [7, 11) is -1.91. The van der Waals surface area contributed by atoms with Crippen LogP contribution in [-0.2, 0) is 38.7 Å². The van der Waals surface area contributed by atoms with Crippen molar-refractivity contribution < 1.29 is 45.4 Å². The van der Waals surface area contributed by atoms with Crippen LogP contribution >= 0.6 is 0 Å². The maximum Gasteiger partial charge on any atom is 0.318 e. The smallest absolute Gasteiger partial charge is 0.318 e. The summed E-state index contributed by atoms with van der Waals surface area (Å²) in [5.41, 5.74) is 0.881. The lowest BCUT2D eigenvalue weighted by Crippen LogP contribution is -2.37. The van der Waals surface area contributed by atoms with Crippen LogP contribution in [0, 0.1) is 0 Å². The fourth-order valence-corrected chi connectivity index (χ4v) is 8.70. The molecule has 4 aromatic rings. The molecule has 0 aliphatic heterocycles. The van der Waals surface area contributed by atoms with Crippen molar-refractivity contribution >= 4 is 31.6 Å². The molecule has 0 aliphatic rings. The minimum absolute atomic E-state index is 0.0580. The number of carbonyl (C=O) groups is 2. The molecule has 264 valence electrons. The average molecular weight is 717 g/mol. The number of esters is 2. The lowest BCUT2D eigenvalue weighted by Gasteiger charge is -2.25. The third-order valence-corrected chi connectivity index (χ3v) is 12.1. The first-order valence-electron chi connectivity index (χ1n) is 15.2. The summed E-state index contributed by atoms with van der Waals surface area (Å²) in [6.07, 6.45) is 2.32. The number of methoxy groups -OCH3 is 2. The Bertz CT molecular complexity index is 1720. The Balaban J connectivity index is 1.46. The molecule has 0 bridgehead atoms. The molecule has 14 nitrogen and oxygen atoms in total. The Hall–Kier alpha value is -4.64. The van der Waals surface area contributed by atoms with Gasteiger partial charge in [0.2, 0.25) is 0 Å². The SMILES string of the molecule is CNC(CC(c1ccc(OC)cc1)S(=O)(=O)c1cc[nH]c1)OC(=O)CC(=O)OC(CC(c1ccc(OC)cc1)S(=O)(=O)c1cc[nH]c1)NC. The van der Waals surface area contributed by atoms with Crippen LogP contribution in [0.5, 0.6) is 11.5 Å². The second-order valence-electron chi connectivity index (χ2n) is 10.9. The highest BCUT2D eigenvalue weighted by Gasteiger charge is 2.35. The molecule has 0 saturated carbocycles. The van der Waals surface area contributed by atoms with Crippen molar-refractivity contribution in [2.75, 3.05) is 28.3 Å². The monoisotopic (exact) mass is 716 g/mol. The number of ether oxygens (including phenoxy) is 4. The number of aromatic amines is 2. The fraction of sp³-hybridized carbons (Fsp3) is 0.333. The van der Waals surface area contributed by atoms with Crippen molar-refractivity contribution in [3.8, 4) is 11.5 Å². The molecule has 0 fully saturated rings. The van der Waals surface area contributed by atoms with Gasteiger partial charge in [-0.15, -0.1) is 0 Å². The van der Waals surface area contributed by atoms with Crippen molar-refractivity contribution in [1.29, 1.82) is 0 Å². The number of carbonyl (C=O) groups excluding carboxylic acids is 2. The topological polar surface area (TPSA) is 195 Å². The van der Waals surface area contributed by atoms with Crippen molar-refractivity contribution in [2.45, 2.75) is 52.0 Å². The molecule has 49 heavy (non-hydrogen) atoms. The van der Waals surface area contributed by atoms with E-state index in [9.17, 15) is 26.4 Å². The van der Waals surface area contributed by atoms with E-state index in [1.807, 2.05) is 0 Å². The third kappa shape index (κ3) is 9.29. The first-order chi connectivity index (χ1) is 23.4. The van der Waals surface area contributed by atoms with E-state index >= 15 is 0 Å². The van der Waals surface area contributed by atoms with E-state index in [0.717, 1.165) is 0 Å². The van der Waals surface area contributed by atoms with Crippen LogP contribution in [0.2, 0.25) is 0 Å². The number of benzene rings is 2. The van der Waals surface area contributed by atoms with E-state index < -0.39 is 61.0 Å². The molecular formula is C33H40N4O10S2. The summed E-state index contributed by atoms with van der Waals surface area (Å²) in [5, 5.41) is 3.34. The van der Waals surface area contributed by atoms with Crippen LogP contribution < -0.4 is 20.1 Å². The third-order valence-electron chi connectivity index (χ3n) is 7.86. The van der Waals surface area contributed by atoms with E-state index in [1.54, 1.807) is 48.5 Å². The van der Waals surface area contributed by atoms with Crippen LogP contribution in [0.1, 0.15) is 40.9 Å². The first-order valence-corrected chi connectivity index (χ1v) is 18.3. The molecule has 0 spiro atoms. The van der Waals surface area contributed by atoms with Crippen molar-refractivity contribution in [2.24, 2.45) is 0 Å². The molecule has 0 amide bonds. The number of aromatic nitrogens is 2. The highest BCUT2D eigenvalue weighted by atomic mass is 32.2. The van der Waals surface area contributed by atoms with E-state index in [2.05, 4.69) is 20.6 Å². The maximum absolute atomic E-state index is 13.6. The number of hydrogen-bond donors (Lipinski definition) is 4. The normalized spacial score (nSPS) is 14.3. The summed E-state index contributed by atoms with van der Waals surface area (Å²) >= 11 is 0. The summed E-state index contributed by atoms with van der Waals surface area (Å²) in [6, 6.07) is 15.9. The van der Waals surface area contributed by atoms with E-state index in [-0.39, 0.29) is 22.6 Å². The highest BCUT2D eigenvalue weighted by molar-refractivity contribution is 7.92. The largest absolute Gasteiger partial charge is 0.497 e. The van der Waals surface area contributed by atoms with Gasteiger partial charge in [0, 0.05) is 37.6 Å². The first kappa shape index (κ1) is 37.2. The summed E-state index contributed by atoms with van der Waals surface area (Å²) < 4.78 is 75.9. The van der Waals surface area contributed by atoms with Gasteiger partial charge in [0.1, 0.15) is 17.9 Å². The number of hydrogen-bond acceptors (Lipinski definition) is 12. The molecule has 2 aromatic carbocycles. The summed E-state index contributed by atoms with van der Waals surface area (Å²) in [6.45, 7) is 0. The highest BCUT2D eigenvalue weighted by Crippen LogP contribution is 2.35. The van der Waals surface area contributed by atoms with Crippen LogP contribution in [0.15, 0.2) is 95.2 Å². The fourth-order valence-electron chi connectivity index (χ4n) is 5.18. The van der Waals surface area contributed by atoms with Gasteiger partial charge in [-0.05, 0) is 61.6 Å². The van der Waals surface area contributed by atoms with Gasteiger partial charge in [-0.1, -0.05) is 24.3 Å². The second kappa shape index (κ2) is 16.6. The molecule has 2 heterocycles. The predicted molar refractivity (Wildman–Crippen MR) is 179 cm³/mol. The lowest BCUT2D eigenvalue weighted by atomic mass is 10.1. The van der Waals surface area contributed by atoms with Gasteiger partial charge in [-0.3, -0.25) is 20.2 Å². The van der Waals surface area contributed by atoms with E-state index in [4.69, 9.17) is 18.9 Å². The molecule has 0 aliphatic carbocycles. The predicted octanol–water partition coefficient (Wildman–Crippen LogP) is 3.44. The molecule has 4 rings (SSSR count). The van der Waals surface area contributed by atoms with Crippen LogP contribution in [0.3, 0.4) is 0 Å². The minimum Gasteiger partial charge on any atom is -0.497 e. The van der Waals surface area contributed by atoms with Crippen LogP contribution in [-0.4, -0.2) is 79.5 Å². The quantitative estimate of drug-likeness (QED) is 0.0667. The Kier molecular flexibility index (Phi) is 12.6. The molecule has 2 aromatic heterocycles. The van der Waals surface area contributed by atoms with Gasteiger partial charge in [-0.25, -0.2) is 16.8 Å². The molecule has 16 heteroatoms. The molecule has 4 N–H and O–H groups in total. The van der Waals surface area contributed by atoms with E-state index in [1.165, 1.54) is 65.2 Å².